The second-order valence-electron chi connectivity index (χ2n) is 6.12. The molecule has 118 valence electrons. The van der Waals surface area contributed by atoms with Crippen LogP contribution in [0.1, 0.15) is 65.5 Å². The molecule has 0 radical (unpaired) electrons. The fraction of sp³-hybridized carbons (Fsp3) is 0.562. The van der Waals surface area contributed by atoms with Gasteiger partial charge in [-0.05, 0) is 25.8 Å². The highest BCUT2D eigenvalue weighted by atomic mass is 16.1. The van der Waals surface area contributed by atoms with E-state index in [4.69, 9.17) is 0 Å². The zero-order valence-electron chi connectivity index (χ0n) is 13.2. The molecule has 22 heavy (non-hydrogen) atoms. The maximum atomic E-state index is 12.5. The van der Waals surface area contributed by atoms with Gasteiger partial charge in [-0.1, -0.05) is 19.3 Å². The summed E-state index contributed by atoms with van der Waals surface area (Å²) in [5.41, 5.74) is 3.63. The van der Waals surface area contributed by atoms with Gasteiger partial charge in [0, 0.05) is 13.0 Å². The van der Waals surface area contributed by atoms with E-state index in [1.54, 1.807) is 10.9 Å². The summed E-state index contributed by atoms with van der Waals surface area (Å²) in [4.78, 5) is 12.5. The number of carbonyl (C=O) groups excluding carboxylic acids is 1. The van der Waals surface area contributed by atoms with Gasteiger partial charge in [0.15, 0.2) is 0 Å². The molecule has 0 saturated heterocycles. The lowest BCUT2D eigenvalue weighted by Gasteiger charge is -2.21. The molecule has 0 aromatic carbocycles. The Morgan fingerprint density at radius 2 is 2.18 bits per heavy atom. The second-order valence-corrected chi connectivity index (χ2v) is 6.12. The Morgan fingerprint density at radius 1 is 1.41 bits per heavy atom. The molecule has 1 amide bonds. The van der Waals surface area contributed by atoms with Crippen LogP contribution < -0.4 is 5.32 Å². The largest absolute Gasteiger partial charge is 0.346 e. The van der Waals surface area contributed by atoms with Crippen LogP contribution in [0.3, 0.4) is 0 Å². The number of hydrogen-bond acceptors (Lipinski definition) is 3. The number of hydrogen-bond donors (Lipinski definition) is 2. The third-order valence-corrected chi connectivity index (χ3v) is 4.46. The predicted octanol–water partition coefficient (Wildman–Crippen LogP) is 2.43. The number of carbonyl (C=O) groups is 1. The summed E-state index contributed by atoms with van der Waals surface area (Å²) in [6, 6.07) is 1.98. The number of aryl methyl sites for hydroxylation is 2. The fourth-order valence-electron chi connectivity index (χ4n) is 3.28. The van der Waals surface area contributed by atoms with E-state index in [9.17, 15) is 4.79 Å². The summed E-state index contributed by atoms with van der Waals surface area (Å²) in [6.45, 7) is 2.42. The molecule has 2 heterocycles. The number of nitrogens with one attached hydrogen (secondary N) is 2. The van der Waals surface area contributed by atoms with Crippen LogP contribution >= 0.6 is 0 Å². The van der Waals surface area contributed by atoms with E-state index >= 15 is 0 Å². The summed E-state index contributed by atoms with van der Waals surface area (Å²) in [5.74, 6) is 0.379. The number of aromatic nitrogens is 4. The van der Waals surface area contributed by atoms with E-state index in [1.165, 1.54) is 19.3 Å². The quantitative estimate of drug-likeness (QED) is 0.910. The lowest BCUT2D eigenvalue weighted by Crippen LogP contribution is -2.25. The van der Waals surface area contributed by atoms with Crippen molar-refractivity contribution in [2.24, 2.45) is 7.05 Å². The van der Waals surface area contributed by atoms with Gasteiger partial charge in [-0.15, -0.1) is 0 Å². The summed E-state index contributed by atoms with van der Waals surface area (Å²) in [6.07, 6.45) is 7.70. The molecule has 2 N–H and O–H groups in total. The Morgan fingerprint density at radius 3 is 2.86 bits per heavy atom. The number of rotatable bonds is 4. The summed E-state index contributed by atoms with van der Waals surface area (Å²) < 4.78 is 1.80. The van der Waals surface area contributed by atoms with Crippen LogP contribution in [-0.2, 0) is 13.6 Å². The predicted molar refractivity (Wildman–Crippen MR) is 83.5 cm³/mol. The first kappa shape index (κ1) is 14.8. The number of amides is 1. The SMILES string of the molecule is Cc1cc(CNC(=O)c2cn[nH]c2C2CCCCC2)n(C)n1. The first-order chi connectivity index (χ1) is 10.6. The van der Waals surface area contributed by atoms with E-state index in [1.807, 2.05) is 20.0 Å². The van der Waals surface area contributed by atoms with Crippen LogP contribution in [0.4, 0.5) is 0 Å². The molecule has 2 aromatic heterocycles. The van der Waals surface area contributed by atoms with Crippen LogP contribution in [-0.4, -0.2) is 25.9 Å². The van der Waals surface area contributed by atoms with Crippen molar-refractivity contribution in [2.75, 3.05) is 0 Å². The van der Waals surface area contributed by atoms with Gasteiger partial charge in [0.1, 0.15) is 0 Å². The Kier molecular flexibility index (Phi) is 4.27. The average molecular weight is 301 g/mol. The standard InChI is InChI=1S/C16H23N5O/c1-11-8-13(21(2)20-11)9-17-16(22)14-10-18-19-15(14)12-6-4-3-5-7-12/h8,10,12H,3-7,9H2,1-2H3,(H,17,22)(H,18,19). The topological polar surface area (TPSA) is 75.6 Å². The molecule has 1 fully saturated rings. The molecule has 0 atom stereocenters. The Hall–Kier alpha value is -2.11. The van der Waals surface area contributed by atoms with Crippen molar-refractivity contribution in [3.05, 3.63) is 34.9 Å². The fourth-order valence-corrected chi connectivity index (χ4v) is 3.28. The zero-order chi connectivity index (χ0) is 15.5. The molecule has 2 aromatic rings. The maximum absolute atomic E-state index is 12.5. The van der Waals surface area contributed by atoms with Gasteiger partial charge >= 0.3 is 0 Å². The molecule has 0 aliphatic heterocycles. The molecule has 1 aliphatic rings. The third kappa shape index (κ3) is 3.05. The van der Waals surface area contributed by atoms with Crippen molar-refractivity contribution >= 4 is 5.91 Å². The molecule has 1 aliphatic carbocycles. The van der Waals surface area contributed by atoms with Crippen molar-refractivity contribution in [3.63, 3.8) is 0 Å². The van der Waals surface area contributed by atoms with Gasteiger partial charge < -0.3 is 5.32 Å². The number of nitrogens with zero attached hydrogens (tertiary/aromatic N) is 3. The summed E-state index contributed by atoms with van der Waals surface area (Å²) in [5, 5.41) is 14.4. The first-order valence-electron chi connectivity index (χ1n) is 7.96. The van der Waals surface area contributed by atoms with E-state index in [0.29, 0.717) is 18.0 Å². The third-order valence-electron chi connectivity index (χ3n) is 4.46. The molecule has 3 rings (SSSR count). The normalized spacial score (nSPS) is 15.9. The Balaban J connectivity index is 1.67. The minimum absolute atomic E-state index is 0.0619. The van der Waals surface area contributed by atoms with Crippen molar-refractivity contribution in [1.82, 2.24) is 25.3 Å². The molecule has 6 nitrogen and oxygen atoms in total. The molecular weight excluding hydrogens is 278 g/mol. The van der Waals surface area contributed by atoms with Crippen LogP contribution in [0.2, 0.25) is 0 Å². The van der Waals surface area contributed by atoms with E-state index in [2.05, 4.69) is 20.6 Å². The van der Waals surface area contributed by atoms with E-state index in [0.717, 1.165) is 29.9 Å². The average Bonchev–Trinajstić information content (AvgIpc) is 3.12. The van der Waals surface area contributed by atoms with E-state index in [-0.39, 0.29) is 5.91 Å². The van der Waals surface area contributed by atoms with Gasteiger partial charge in [0.25, 0.3) is 5.91 Å². The summed E-state index contributed by atoms with van der Waals surface area (Å²) in [7, 11) is 1.89. The maximum Gasteiger partial charge on any atom is 0.255 e. The van der Waals surface area contributed by atoms with Gasteiger partial charge in [0.05, 0.1) is 35.4 Å². The van der Waals surface area contributed by atoms with Crippen molar-refractivity contribution in [2.45, 2.75) is 51.5 Å². The minimum Gasteiger partial charge on any atom is -0.346 e. The van der Waals surface area contributed by atoms with Crippen LogP contribution in [0.25, 0.3) is 0 Å². The Bertz CT molecular complexity index is 651. The zero-order valence-corrected chi connectivity index (χ0v) is 13.2. The van der Waals surface area contributed by atoms with Crippen LogP contribution in [0, 0.1) is 6.92 Å². The van der Waals surface area contributed by atoms with Gasteiger partial charge in [0.2, 0.25) is 0 Å². The highest BCUT2D eigenvalue weighted by molar-refractivity contribution is 5.95. The minimum atomic E-state index is -0.0619. The van der Waals surface area contributed by atoms with Crippen LogP contribution in [0.5, 0.6) is 0 Å². The molecule has 1 saturated carbocycles. The van der Waals surface area contributed by atoms with Gasteiger partial charge in [-0.25, -0.2) is 0 Å². The summed E-state index contributed by atoms with van der Waals surface area (Å²) >= 11 is 0. The van der Waals surface area contributed by atoms with E-state index < -0.39 is 0 Å². The molecule has 0 bridgehead atoms. The smallest absolute Gasteiger partial charge is 0.255 e. The second kappa shape index (κ2) is 6.34. The van der Waals surface area contributed by atoms with Crippen molar-refractivity contribution < 1.29 is 4.79 Å². The van der Waals surface area contributed by atoms with Crippen molar-refractivity contribution in [1.29, 1.82) is 0 Å². The first-order valence-corrected chi connectivity index (χ1v) is 7.96. The van der Waals surface area contributed by atoms with Crippen LogP contribution in [0.15, 0.2) is 12.3 Å². The monoisotopic (exact) mass is 301 g/mol. The van der Waals surface area contributed by atoms with Crippen molar-refractivity contribution in [3.8, 4) is 0 Å². The Labute approximate surface area is 130 Å². The van der Waals surface area contributed by atoms with Gasteiger partial charge in [-0.3, -0.25) is 14.6 Å². The molecule has 0 spiro atoms. The molecule has 0 unspecified atom stereocenters. The highest BCUT2D eigenvalue weighted by Gasteiger charge is 2.23. The molecular formula is C16H23N5O. The highest BCUT2D eigenvalue weighted by Crippen LogP contribution is 2.33. The number of aromatic amines is 1. The molecule has 6 heteroatoms. The van der Waals surface area contributed by atoms with Gasteiger partial charge in [-0.2, -0.15) is 10.2 Å². The lowest BCUT2D eigenvalue weighted by atomic mass is 9.85. The number of H-pyrrole nitrogens is 1. The lowest BCUT2D eigenvalue weighted by molar-refractivity contribution is 0.0948.